The highest BCUT2D eigenvalue weighted by Crippen LogP contribution is 2.43. The normalized spacial score (nSPS) is 19.5. The number of carboxylic acid groups (broad SMARTS) is 1. The minimum absolute atomic E-state index is 0.00426. The highest BCUT2D eigenvalue weighted by Gasteiger charge is 2.38. The van der Waals surface area contributed by atoms with E-state index < -0.39 is 65.0 Å². The van der Waals surface area contributed by atoms with Crippen LogP contribution >= 0.6 is 11.8 Å². The Morgan fingerprint density at radius 3 is 2.00 bits per heavy atom. The SMILES string of the molecule is C[C@H]1[C@@H](CSc2ccccc2C(=O)O)O[C@@H](c2ccc(NC(=O)c3c(F)c(F)c(F)c(F)c3F)cc2)O[C@H]1c1ccc(CO)cc1. The van der Waals surface area contributed by atoms with Crippen LogP contribution in [0.15, 0.2) is 77.7 Å². The zero-order valence-corrected chi connectivity index (χ0v) is 24.8. The molecule has 1 fully saturated rings. The lowest BCUT2D eigenvalue weighted by atomic mass is 9.91. The monoisotopic (exact) mass is 659 g/mol. The van der Waals surface area contributed by atoms with E-state index in [0.29, 0.717) is 21.8 Å². The number of hydrogen-bond acceptors (Lipinski definition) is 6. The fourth-order valence-electron chi connectivity index (χ4n) is 4.97. The lowest BCUT2D eigenvalue weighted by Gasteiger charge is -2.41. The average molecular weight is 660 g/mol. The van der Waals surface area contributed by atoms with Crippen LogP contribution in [0.4, 0.5) is 27.6 Å². The Hall–Kier alpha value is -4.30. The van der Waals surface area contributed by atoms with Crippen LogP contribution in [0.5, 0.6) is 0 Å². The third-order valence-corrected chi connectivity index (χ3v) is 8.68. The molecular weight excluding hydrogens is 633 g/mol. The van der Waals surface area contributed by atoms with Gasteiger partial charge in [-0.2, -0.15) is 0 Å². The lowest BCUT2D eigenvalue weighted by Crippen LogP contribution is -2.38. The second kappa shape index (κ2) is 14.0. The summed E-state index contributed by atoms with van der Waals surface area (Å²) in [6.45, 7) is 1.80. The van der Waals surface area contributed by atoms with E-state index in [0.717, 1.165) is 5.56 Å². The molecule has 46 heavy (non-hydrogen) atoms. The van der Waals surface area contributed by atoms with Gasteiger partial charge in [0.15, 0.2) is 29.6 Å². The molecule has 0 radical (unpaired) electrons. The van der Waals surface area contributed by atoms with E-state index in [4.69, 9.17) is 9.47 Å². The van der Waals surface area contributed by atoms with E-state index >= 15 is 0 Å². The number of thioether (sulfide) groups is 1. The maximum Gasteiger partial charge on any atom is 0.336 e. The molecule has 1 aliphatic heterocycles. The molecule has 13 heteroatoms. The molecule has 4 aromatic rings. The van der Waals surface area contributed by atoms with Crippen molar-refractivity contribution in [1.82, 2.24) is 0 Å². The number of carbonyl (C=O) groups excluding carboxylic acids is 1. The summed E-state index contributed by atoms with van der Waals surface area (Å²) in [6.07, 6.45) is -1.87. The van der Waals surface area contributed by atoms with Gasteiger partial charge in [0.2, 0.25) is 5.82 Å². The first-order chi connectivity index (χ1) is 22.0. The molecule has 0 aliphatic carbocycles. The highest BCUT2D eigenvalue weighted by atomic mass is 32.2. The number of aliphatic hydroxyl groups excluding tert-OH is 1. The molecule has 4 atom stereocenters. The average Bonchev–Trinajstić information content (AvgIpc) is 3.06. The number of carboxylic acids is 1. The van der Waals surface area contributed by atoms with Gasteiger partial charge in [0.1, 0.15) is 5.56 Å². The molecule has 0 bridgehead atoms. The van der Waals surface area contributed by atoms with Gasteiger partial charge in [-0.25, -0.2) is 26.7 Å². The molecule has 240 valence electrons. The number of aromatic carboxylic acids is 1. The van der Waals surface area contributed by atoms with Crippen molar-refractivity contribution in [2.45, 2.75) is 36.9 Å². The summed E-state index contributed by atoms with van der Waals surface area (Å²) in [5.74, 6) is -13.8. The number of benzene rings is 4. The predicted octanol–water partition coefficient (Wildman–Crippen LogP) is 7.41. The predicted molar refractivity (Wildman–Crippen MR) is 158 cm³/mol. The van der Waals surface area contributed by atoms with E-state index in [1.54, 1.807) is 30.3 Å². The Morgan fingerprint density at radius 2 is 1.39 bits per heavy atom. The molecule has 4 aromatic carbocycles. The number of amides is 1. The summed E-state index contributed by atoms with van der Waals surface area (Å²) >= 11 is 1.32. The molecular formula is C33H26F5NO6S. The van der Waals surface area contributed by atoms with Crippen molar-refractivity contribution in [2.24, 2.45) is 5.92 Å². The smallest absolute Gasteiger partial charge is 0.336 e. The molecule has 0 aromatic heterocycles. The number of rotatable bonds is 9. The summed E-state index contributed by atoms with van der Waals surface area (Å²) in [6, 6.07) is 19.5. The van der Waals surface area contributed by atoms with Gasteiger partial charge in [0.25, 0.3) is 5.91 Å². The van der Waals surface area contributed by atoms with Gasteiger partial charge >= 0.3 is 5.97 Å². The Kier molecular flexibility index (Phi) is 10.1. The van der Waals surface area contributed by atoms with Gasteiger partial charge < -0.3 is 25.0 Å². The van der Waals surface area contributed by atoms with Crippen LogP contribution in [0, 0.1) is 35.0 Å². The Balaban J connectivity index is 1.38. The number of halogens is 5. The minimum Gasteiger partial charge on any atom is -0.478 e. The van der Waals surface area contributed by atoms with Crippen molar-refractivity contribution in [3.63, 3.8) is 0 Å². The van der Waals surface area contributed by atoms with Gasteiger partial charge in [-0.15, -0.1) is 11.8 Å². The van der Waals surface area contributed by atoms with Crippen LogP contribution in [0.3, 0.4) is 0 Å². The first-order valence-corrected chi connectivity index (χ1v) is 14.9. The summed E-state index contributed by atoms with van der Waals surface area (Å²) in [4.78, 5) is 24.8. The minimum atomic E-state index is -2.37. The van der Waals surface area contributed by atoms with E-state index in [-0.39, 0.29) is 23.8 Å². The standard InChI is InChI=1S/C33H26F5NO6S/c1-16-22(15-46-23-5-3-2-4-21(23)32(42)43)44-33(45-30(16)18-8-6-17(14-40)7-9-18)19-10-12-20(13-11-19)39-31(41)24-25(34)27(36)29(38)28(37)26(24)35/h2-13,16,22,30,33,40H,14-15H2,1H3,(H,39,41)(H,42,43)/t16-,22+,30+,33+/m0/s1. The van der Waals surface area contributed by atoms with Crippen molar-refractivity contribution in [2.75, 3.05) is 11.1 Å². The zero-order chi connectivity index (χ0) is 33.1. The number of aliphatic hydroxyl groups is 1. The van der Waals surface area contributed by atoms with Crippen LogP contribution < -0.4 is 5.32 Å². The second-order valence-electron chi connectivity index (χ2n) is 10.5. The van der Waals surface area contributed by atoms with Crippen LogP contribution in [-0.2, 0) is 16.1 Å². The van der Waals surface area contributed by atoms with E-state index in [2.05, 4.69) is 5.32 Å². The Bertz CT molecular complexity index is 1730. The molecule has 7 nitrogen and oxygen atoms in total. The molecule has 0 spiro atoms. The van der Waals surface area contributed by atoms with E-state index in [1.807, 2.05) is 19.1 Å². The fourth-order valence-corrected chi connectivity index (χ4v) is 6.18. The van der Waals surface area contributed by atoms with Gasteiger partial charge in [0.05, 0.1) is 24.4 Å². The molecule has 1 saturated heterocycles. The first-order valence-electron chi connectivity index (χ1n) is 13.9. The maximum atomic E-state index is 14.1. The first kappa shape index (κ1) is 33.1. The largest absolute Gasteiger partial charge is 0.478 e. The van der Waals surface area contributed by atoms with Crippen LogP contribution in [-0.4, -0.2) is 33.9 Å². The number of anilines is 1. The summed E-state index contributed by atoms with van der Waals surface area (Å²) < 4.78 is 81.5. The summed E-state index contributed by atoms with van der Waals surface area (Å²) in [5.41, 5.74) is 0.540. The van der Waals surface area contributed by atoms with Crippen molar-refractivity contribution >= 4 is 29.3 Å². The number of nitrogens with one attached hydrogen (secondary N) is 1. The summed E-state index contributed by atoms with van der Waals surface area (Å²) in [7, 11) is 0. The zero-order valence-electron chi connectivity index (χ0n) is 24.0. The van der Waals surface area contributed by atoms with Crippen molar-refractivity contribution in [1.29, 1.82) is 0 Å². The third-order valence-electron chi connectivity index (χ3n) is 7.52. The lowest BCUT2D eigenvalue weighted by molar-refractivity contribution is -0.268. The van der Waals surface area contributed by atoms with Crippen LogP contribution in [0.2, 0.25) is 0 Å². The second-order valence-corrected chi connectivity index (χ2v) is 11.5. The number of carbonyl (C=O) groups is 2. The van der Waals surface area contributed by atoms with Gasteiger partial charge in [-0.3, -0.25) is 4.79 Å². The molecule has 1 aliphatic rings. The van der Waals surface area contributed by atoms with Gasteiger partial charge in [-0.1, -0.05) is 55.5 Å². The van der Waals surface area contributed by atoms with Crippen molar-refractivity contribution in [3.8, 4) is 0 Å². The fraction of sp³-hybridized carbons (Fsp3) is 0.212. The molecule has 5 rings (SSSR count). The van der Waals surface area contributed by atoms with Crippen molar-refractivity contribution in [3.05, 3.63) is 130 Å². The number of hydrogen-bond donors (Lipinski definition) is 3. The molecule has 1 heterocycles. The van der Waals surface area contributed by atoms with E-state index in [1.165, 1.54) is 42.1 Å². The maximum absolute atomic E-state index is 14.1. The third kappa shape index (κ3) is 6.77. The van der Waals surface area contributed by atoms with Crippen LogP contribution in [0.1, 0.15) is 56.7 Å². The molecule has 3 N–H and O–H groups in total. The van der Waals surface area contributed by atoms with Gasteiger partial charge in [-0.05, 0) is 35.4 Å². The number of ether oxygens (including phenoxy) is 2. The van der Waals surface area contributed by atoms with Crippen molar-refractivity contribution < 1.29 is 51.2 Å². The Morgan fingerprint density at radius 1 is 0.804 bits per heavy atom. The molecule has 1 amide bonds. The van der Waals surface area contributed by atoms with Crippen LogP contribution in [0.25, 0.3) is 0 Å². The van der Waals surface area contributed by atoms with Gasteiger partial charge in [0, 0.05) is 27.8 Å². The Labute approximate surface area is 264 Å². The van der Waals surface area contributed by atoms with E-state index in [9.17, 15) is 41.8 Å². The highest BCUT2D eigenvalue weighted by molar-refractivity contribution is 7.99. The molecule has 0 unspecified atom stereocenters. The topological polar surface area (TPSA) is 105 Å². The quantitative estimate of drug-likeness (QED) is 0.0744. The molecule has 0 saturated carbocycles. The summed E-state index contributed by atoms with van der Waals surface area (Å²) in [5, 5.41) is 21.2.